The Balaban J connectivity index is 2.34. The van der Waals surface area contributed by atoms with Gasteiger partial charge in [-0.15, -0.1) is 0 Å². The van der Waals surface area contributed by atoms with Gasteiger partial charge in [0.05, 0.1) is 16.8 Å². The van der Waals surface area contributed by atoms with Crippen molar-refractivity contribution >= 4 is 26.9 Å². The fourth-order valence-corrected chi connectivity index (χ4v) is 4.41. The van der Waals surface area contributed by atoms with E-state index in [2.05, 4.69) is 0 Å². The van der Waals surface area contributed by atoms with Gasteiger partial charge in [0, 0.05) is 11.1 Å². The van der Waals surface area contributed by atoms with Gasteiger partial charge < -0.3 is 10.2 Å². The first kappa shape index (κ1) is 17.0. The third-order valence-corrected chi connectivity index (χ3v) is 5.77. The highest BCUT2D eigenvalue weighted by molar-refractivity contribution is 7.90. The quantitative estimate of drug-likeness (QED) is 0.743. The number of aromatic hydroxyl groups is 1. The Bertz CT molecular complexity index is 1080. The van der Waals surface area contributed by atoms with Crippen LogP contribution in [-0.4, -0.2) is 28.6 Å². The number of benzene rings is 2. The number of phenols is 1. The Morgan fingerprint density at radius 1 is 1.16 bits per heavy atom. The third-order valence-electron chi connectivity index (χ3n) is 3.95. The van der Waals surface area contributed by atoms with Crippen molar-refractivity contribution in [3.8, 4) is 5.75 Å². The minimum Gasteiger partial charge on any atom is -0.508 e. The van der Waals surface area contributed by atoms with E-state index in [1.807, 2.05) is 0 Å². The average molecular weight is 363 g/mol. The predicted octanol–water partition coefficient (Wildman–Crippen LogP) is 2.66. The minimum absolute atomic E-state index is 0.0727. The van der Waals surface area contributed by atoms with E-state index in [9.17, 15) is 22.7 Å². The van der Waals surface area contributed by atoms with Gasteiger partial charge in [0.25, 0.3) is 10.0 Å². The molecule has 0 bridgehead atoms. The second kappa shape index (κ2) is 5.89. The summed E-state index contributed by atoms with van der Waals surface area (Å²) in [6.45, 7) is 1.48. The van der Waals surface area contributed by atoms with Crippen LogP contribution in [-0.2, 0) is 21.2 Å². The van der Waals surface area contributed by atoms with Crippen LogP contribution >= 0.6 is 0 Å². The number of rotatable bonds is 4. The van der Waals surface area contributed by atoms with Gasteiger partial charge in [-0.05, 0) is 55.0 Å². The van der Waals surface area contributed by atoms with Crippen LogP contribution < -0.4 is 0 Å². The summed E-state index contributed by atoms with van der Waals surface area (Å²) in [5.74, 6) is -1.81. The molecule has 25 heavy (non-hydrogen) atoms. The standard InChI is InChI=1S/C17H14FNO5S/c1-10-14(9-17(21)22)15-8-11(18)2-7-16(15)19(10)25(23,24)13-5-3-12(20)4-6-13/h2-8,20H,9H2,1H3,(H,21,22). The van der Waals surface area contributed by atoms with Crippen molar-refractivity contribution in [2.45, 2.75) is 18.2 Å². The van der Waals surface area contributed by atoms with Crippen molar-refractivity contribution in [3.05, 3.63) is 59.5 Å². The fraction of sp³-hybridized carbons (Fsp3) is 0.118. The molecule has 0 saturated carbocycles. The number of aromatic nitrogens is 1. The molecule has 3 aromatic rings. The monoisotopic (exact) mass is 363 g/mol. The number of carboxylic acids is 1. The van der Waals surface area contributed by atoms with Crippen LogP contribution in [0.2, 0.25) is 0 Å². The second-order valence-electron chi connectivity index (χ2n) is 5.56. The summed E-state index contributed by atoms with van der Waals surface area (Å²) in [5.41, 5.74) is 0.642. The SMILES string of the molecule is Cc1c(CC(=O)O)c2cc(F)ccc2n1S(=O)(=O)c1ccc(O)cc1. The normalized spacial score (nSPS) is 11.8. The fourth-order valence-electron chi connectivity index (χ4n) is 2.83. The number of aliphatic carboxylic acids is 1. The zero-order valence-corrected chi connectivity index (χ0v) is 13.9. The molecule has 0 saturated heterocycles. The van der Waals surface area contributed by atoms with Crippen molar-refractivity contribution in [2.75, 3.05) is 0 Å². The highest BCUT2D eigenvalue weighted by Gasteiger charge is 2.26. The van der Waals surface area contributed by atoms with Gasteiger partial charge in [-0.1, -0.05) is 0 Å². The maximum atomic E-state index is 13.6. The van der Waals surface area contributed by atoms with E-state index in [1.54, 1.807) is 0 Å². The lowest BCUT2D eigenvalue weighted by atomic mass is 10.1. The van der Waals surface area contributed by atoms with Crippen LogP contribution in [0.25, 0.3) is 10.9 Å². The van der Waals surface area contributed by atoms with E-state index in [1.165, 1.54) is 37.3 Å². The molecule has 0 unspecified atom stereocenters. The van der Waals surface area contributed by atoms with Crippen LogP contribution in [0, 0.1) is 12.7 Å². The first-order valence-corrected chi connectivity index (χ1v) is 8.71. The number of carboxylic acid groups (broad SMARTS) is 1. The molecule has 130 valence electrons. The molecule has 2 aromatic carbocycles. The van der Waals surface area contributed by atoms with Crippen molar-refractivity contribution < 1.29 is 27.8 Å². The Labute approximate surface area is 142 Å². The number of fused-ring (bicyclic) bond motifs is 1. The maximum absolute atomic E-state index is 13.6. The lowest BCUT2D eigenvalue weighted by Gasteiger charge is -2.10. The Morgan fingerprint density at radius 2 is 1.80 bits per heavy atom. The molecule has 6 nitrogen and oxygen atoms in total. The molecule has 0 aliphatic rings. The number of hydrogen-bond donors (Lipinski definition) is 2. The largest absolute Gasteiger partial charge is 0.508 e. The summed E-state index contributed by atoms with van der Waals surface area (Å²) in [6.07, 6.45) is -0.427. The Kier molecular flexibility index (Phi) is 4.00. The summed E-state index contributed by atoms with van der Waals surface area (Å²) in [4.78, 5) is 11.1. The number of halogens is 1. The number of nitrogens with zero attached hydrogens (tertiary/aromatic N) is 1. The molecule has 0 radical (unpaired) electrons. The van der Waals surface area contributed by atoms with Crippen LogP contribution in [0.3, 0.4) is 0 Å². The topological polar surface area (TPSA) is 96.6 Å². The van der Waals surface area contributed by atoms with Gasteiger partial charge in [-0.25, -0.2) is 16.8 Å². The minimum atomic E-state index is -4.05. The zero-order valence-electron chi connectivity index (χ0n) is 13.1. The molecule has 1 heterocycles. The number of hydrogen-bond acceptors (Lipinski definition) is 4. The smallest absolute Gasteiger partial charge is 0.307 e. The zero-order chi connectivity index (χ0) is 18.4. The molecule has 2 N–H and O–H groups in total. The molecular formula is C17H14FNO5S. The van der Waals surface area contributed by atoms with E-state index in [-0.39, 0.29) is 32.8 Å². The number of carbonyl (C=O) groups is 1. The summed E-state index contributed by atoms with van der Waals surface area (Å²) in [6, 6.07) is 8.53. The van der Waals surface area contributed by atoms with E-state index in [0.29, 0.717) is 0 Å². The second-order valence-corrected chi connectivity index (χ2v) is 7.35. The van der Waals surface area contributed by atoms with Gasteiger partial charge in [0.15, 0.2) is 0 Å². The summed E-state index contributed by atoms with van der Waals surface area (Å²) < 4.78 is 40.6. The van der Waals surface area contributed by atoms with Crippen LogP contribution in [0.5, 0.6) is 5.75 Å². The van der Waals surface area contributed by atoms with E-state index in [0.717, 1.165) is 16.1 Å². The molecule has 0 spiro atoms. The number of phenolic OH excluding ortho intramolecular Hbond substituents is 1. The average Bonchev–Trinajstić information content (AvgIpc) is 2.80. The van der Waals surface area contributed by atoms with Gasteiger partial charge >= 0.3 is 5.97 Å². The summed E-state index contributed by atoms with van der Waals surface area (Å²) in [7, 11) is -4.05. The predicted molar refractivity (Wildman–Crippen MR) is 88.7 cm³/mol. The maximum Gasteiger partial charge on any atom is 0.307 e. The molecule has 0 atom stereocenters. The summed E-state index contributed by atoms with van der Waals surface area (Å²) >= 11 is 0. The van der Waals surface area contributed by atoms with Crippen LogP contribution in [0.4, 0.5) is 4.39 Å². The van der Waals surface area contributed by atoms with E-state index in [4.69, 9.17) is 5.11 Å². The van der Waals surface area contributed by atoms with Crippen molar-refractivity contribution in [1.29, 1.82) is 0 Å². The van der Waals surface area contributed by atoms with Gasteiger partial charge in [0.2, 0.25) is 0 Å². The van der Waals surface area contributed by atoms with Crippen LogP contribution in [0.1, 0.15) is 11.3 Å². The Hall–Kier alpha value is -2.87. The molecule has 0 aliphatic carbocycles. The first-order valence-electron chi connectivity index (χ1n) is 7.27. The van der Waals surface area contributed by atoms with E-state index < -0.39 is 28.2 Å². The molecular weight excluding hydrogens is 349 g/mol. The lowest BCUT2D eigenvalue weighted by Crippen LogP contribution is -2.15. The summed E-state index contributed by atoms with van der Waals surface area (Å²) in [5, 5.41) is 18.7. The highest BCUT2D eigenvalue weighted by atomic mass is 32.2. The lowest BCUT2D eigenvalue weighted by molar-refractivity contribution is -0.136. The molecule has 0 fully saturated rings. The first-order chi connectivity index (χ1) is 11.7. The molecule has 0 aliphatic heterocycles. The van der Waals surface area contributed by atoms with Gasteiger partial charge in [-0.3, -0.25) is 4.79 Å². The van der Waals surface area contributed by atoms with Crippen LogP contribution in [0.15, 0.2) is 47.4 Å². The van der Waals surface area contributed by atoms with Crippen molar-refractivity contribution in [3.63, 3.8) is 0 Å². The molecule has 0 amide bonds. The van der Waals surface area contributed by atoms with Gasteiger partial charge in [-0.2, -0.15) is 0 Å². The van der Waals surface area contributed by atoms with E-state index >= 15 is 0 Å². The Morgan fingerprint density at radius 3 is 2.40 bits per heavy atom. The molecule has 8 heteroatoms. The van der Waals surface area contributed by atoms with Gasteiger partial charge in [0.1, 0.15) is 11.6 Å². The third kappa shape index (κ3) is 2.85. The van der Waals surface area contributed by atoms with Crippen molar-refractivity contribution in [1.82, 2.24) is 3.97 Å². The highest BCUT2D eigenvalue weighted by Crippen LogP contribution is 2.31. The molecule has 1 aromatic heterocycles. The molecule has 3 rings (SSSR count). The van der Waals surface area contributed by atoms with Crippen molar-refractivity contribution in [2.24, 2.45) is 0 Å².